The largest absolute Gasteiger partial charge is 0.462 e. The van der Waals surface area contributed by atoms with E-state index in [0.29, 0.717) is 19.3 Å². The molecule has 378 valence electrons. The highest BCUT2D eigenvalue weighted by atomic mass is 16.5. The van der Waals surface area contributed by atoms with Crippen molar-refractivity contribution >= 4 is 11.9 Å². The molecule has 3 unspecified atom stereocenters. The molecule has 0 spiro atoms. The minimum absolute atomic E-state index is 0.0664. The fraction of sp³-hybridized carbons (Fsp3) is 0.797. The number of hydrogen-bond acceptors (Lipinski definition) is 5. The first-order valence-electron chi connectivity index (χ1n) is 28.0. The van der Waals surface area contributed by atoms with E-state index in [9.17, 15) is 19.8 Å². The summed E-state index contributed by atoms with van der Waals surface area (Å²) in [5.74, 6) is -0.490. The summed E-state index contributed by atoms with van der Waals surface area (Å²) in [4.78, 5) is 26.3. The van der Waals surface area contributed by atoms with Crippen molar-refractivity contribution in [3.05, 3.63) is 60.8 Å². The molecular weight excluding hydrogens is 803 g/mol. The fourth-order valence-corrected chi connectivity index (χ4v) is 8.36. The van der Waals surface area contributed by atoms with Crippen LogP contribution in [0, 0.1) is 0 Å². The molecule has 0 radical (unpaired) electrons. The molecule has 6 heteroatoms. The van der Waals surface area contributed by atoms with Crippen LogP contribution >= 0.6 is 0 Å². The van der Waals surface area contributed by atoms with Crippen LogP contribution in [0.5, 0.6) is 0 Å². The highest BCUT2D eigenvalue weighted by Gasteiger charge is 2.24. The molecule has 0 aliphatic heterocycles. The average Bonchev–Trinajstić information content (AvgIpc) is 3.30. The summed E-state index contributed by atoms with van der Waals surface area (Å²) in [5, 5.41) is 23.8. The van der Waals surface area contributed by atoms with Crippen molar-refractivity contribution in [3.8, 4) is 0 Å². The standard InChI is InChI=1S/C59H107NO5/c1-4-7-10-13-16-19-22-25-27-29-30-33-35-38-41-44-47-50-55(65-59(64)52-49-46-43-40-37-34-31-28-26-23-20-17-14-11-8-5-2)53-58(63)60-56(54-61)57(62)51-48-45-42-39-36-32-24-21-18-15-12-9-6-3/h8,11,16-17,19-20,25-28,55-57,61-62H,4-7,9-10,12-15,18,21-24,29-54H2,1-3H3,(H,60,63)/b11-8+,19-16-,20-17+,27-25-,28-26+. The Bertz CT molecular complexity index is 1160. The predicted molar refractivity (Wildman–Crippen MR) is 282 cm³/mol. The first kappa shape index (κ1) is 62.6. The molecule has 0 rings (SSSR count). The van der Waals surface area contributed by atoms with Crippen LogP contribution in [0.3, 0.4) is 0 Å². The van der Waals surface area contributed by atoms with Crippen LogP contribution in [-0.4, -0.2) is 46.9 Å². The molecule has 0 aromatic heterocycles. The van der Waals surface area contributed by atoms with Crippen molar-refractivity contribution in [2.45, 2.75) is 296 Å². The number of hydrogen-bond donors (Lipinski definition) is 3. The van der Waals surface area contributed by atoms with E-state index in [1.54, 1.807) is 0 Å². The first-order chi connectivity index (χ1) is 32.0. The van der Waals surface area contributed by atoms with Gasteiger partial charge >= 0.3 is 5.97 Å². The third-order valence-corrected chi connectivity index (χ3v) is 12.6. The van der Waals surface area contributed by atoms with Crippen LogP contribution in [0.4, 0.5) is 0 Å². The van der Waals surface area contributed by atoms with Crippen LogP contribution in [0.15, 0.2) is 60.8 Å². The van der Waals surface area contributed by atoms with Gasteiger partial charge in [0.1, 0.15) is 6.10 Å². The second-order valence-corrected chi connectivity index (χ2v) is 19.0. The third-order valence-electron chi connectivity index (χ3n) is 12.6. The molecule has 3 atom stereocenters. The molecule has 0 saturated carbocycles. The summed E-state index contributed by atoms with van der Waals surface area (Å²) in [6.45, 7) is 6.36. The molecule has 0 heterocycles. The Balaban J connectivity index is 4.61. The molecule has 65 heavy (non-hydrogen) atoms. The second kappa shape index (κ2) is 52.5. The monoisotopic (exact) mass is 910 g/mol. The Hall–Kier alpha value is -2.44. The van der Waals surface area contributed by atoms with Crippen molar-refractivity contribution < 1.29 is 24.5 Å². The van der Waals surface area contributed by atoms with Gasteiger partial charge < -0.3 is 20.3 Å². The first-order valence-corrected chi connectivity index (χ1v) is 28.0. The molecule has 0 fully saturated rings. The molecule has 0 bridgehead atoms. The van der Waals surface area contributed by atoms with Crippen LogP contribution in [0.2, 0.25) is 0 Å². The van der Waals surface area contributed by atoms with E-state index in [2.05, 4.69) is 86.8 Å². The number of allylic oxidation sites excluding steroid dienone is 10. The molecule has 1 amide bonds. The number of aliphatic hydroxyl groups excluding tert-OH is 2. The summed E-state index contributed by atoms with van der Waals surface area (Å²) in [6.07, 6.45) is 65.6. The molecule has 0 aromatic carbocycles. The van der Waals surface area contributed by atoms with Gasteiger partial charge in [-0.15, -0.1) is 0 Å². The van der Waals surface area contributed by atoms with Gasteiger partial charge in [0.2, 0.25) is 5.91 Å². The number of carbonyl (C=O) groups is 2. The van der Waals surface area contributed by atoms with Crippen LogP contribution in [-0.2, 0) is 14.3 Å². The quantitative estimate of drug-likeness (QED) is 0.0321. The van der Waals surface area contributed by atoms with Crippen molar-refractivity contribution in [1.82, 2.24) is 5.32 Å². The Kier molecular flexibility index (Phi) is 50.6. The summed E-state index contributed by atoms with van der Waals surface area (Å²) < 4.78 is 5.95. The molecule has 3 N–H and O–H groups in total. The summed E-state index contributed by atoms with van der Waals surface area (Å²) >= 11 is 0. The van der Waals surface area contributed by atoms with Crippen LogP contribution in [0.1, 0.15) is 278 Å². The van der Waals surface area contributed by atoms with Crippen molar-refractivity contribution in [1.29, 1.82) is 0 Å². The summed E-state index contributed by atoms with van der Waals surface area (Å²) in [5.41, 5.74) is 0. The van der Waals surface area contributed by atoms with Gasteiger partial charge in [-0.3, -0.25) is 9.59 Å². The molecular formula is C59H107NO5. The Morgan fingerprint density at radius 3 is 1.29 bits per heavy atom. The predicted octanol–water partition coefficient (Wildman–Crippen LogP) is 17.2. The fourth-order valence-electron chi connectivity index (χ4n) is 8.36. The van der Waals surface area contributed by atoms with E-state index < -0.39 is 18.2 Å². The summed E-state index contributed by atoms with van der Waals surface area (Å²) in [6, 6.07) is -0.708. The maximum absolute atomic E-state index is 13.3. The number of unbranched alkanes of at least 4 members (excludes halogenated alkanes) is 28. The van der Waals surface area contributed by atoms with E-state index >= 15 is 0 Å². The Labute approximate surface area is 403 Å². The number of nitrogens with one attached hydrogen (secondary N) is 1. The van der Waals surface area contributed by atoms with Gasteiger partial charge in [-0.1, -0.05) is 236 Å². The van der Waals surface area contributed by atoms with Crippen molar-refractivity contribution in [2.24, 2.45) is 0 Å². The zero-order chi connectivity index (χ0) is 47.4. The van der Waals surface area contributed by atoms with E-state index in [4.69, 9.17) is 4.74 Å². The number of carbonyl (C=O) groups excluding carboxylic acids is 2. The van der Waals surface area contributed by atoms with Gasteiger partial charge in [0, 0.05) is 6.42 Å². The Morgan fingerprint density at radius 1 is 0.462 bits per heavy atom. The second-order valence-electron chi connectivity index (χ2n) is 19.0. The highest BCUT2D eigenvalue weighted by molar-refractivity contribution is 5.77. The van der Waals surface area contributed by atoms with Crippen LogP contribution in [0.25, 0.3) is 0 Å². The lowest BCUT2D eigenvalue weighted by Crippen LogP contribution is -2.46. The molecule has 0 aliphatic carbocycles. The minimum Gasteiger partial charge on any atom is -0.462 e. The topological polar surface area (TPSA) is 95.9 Å². The van der Waals surface area contributed by atoms with E-state index in [0.717, 1.165) is 96.3 Å². The van der Waals surface area contributed by atoms with Crippen LogP contribution < -0.4 is 5.32 Å². The number of esters is 1. The minimum atomic E-state index is -0.794. The number of amides is 1. The van der Waals surface area contributed by atoms with Gasteiger partial charge in [-0.05, 0) is 89.9 Å². The third kappa shape index (κ3) is 47.8. The summed E-state index contributed by atoms with van der Waals surface area (Å²) in [7, 11) is 0. The lowest BCUT2D eigenvalue weighted by Gasteiger charge is -2.24. The van der Waals surface area contributed by atoms with Crippen molar-refractivity contribution in [3.63, 3.8) is 0 Å². The zero-order valence-corrected chi connectivity index (χ0v) is 43.1. The SMILES string of the molecule is CC/C=C/C/C=C/C/C=C/CCCCCCCCC(=O)OC(CCCCCCCCC/C=C\C/C=C\CCCCC)CC(=O)NC(CO)C(O)CCCCCCCCCCCCCCC. The van der Waals surface area contributed by atoms with E-state index in [1.165, 1.54) is 135 Å². The zero-order valence-electron chi connectivity index (χ0n) is 43.1. The lowest BCUT2D eigenvalue weighted by molar-refractivity contribution is -0.151. The lowest BCUT2D eigenvalue weighted by atomic mass is 10.0. The number of rotatable bonds is 50. The molecule has 0 aromatic rings. The Morgan fingerprint density at radius 2 is 0.831 bits per heavy atom. The van der Waals surface area contributed by atoms with E-state index in [1.807, 2.05) is 0 Å². The molecule has 0 aliphatic rings. The average molecular weight is 911 g/mol. The van der Waals surface area contributed by atoms with E-state index in [-0.39, 0.29) is 24.9 Å². The van der Waals surface area contributed by atoms with Gasteiger partial charge in [-0.25, -0.2) is 0 Å². The maximum atomic E-state index is 13.3. The number of ether oxygens (including phenoxy) is 1. The van der Waals surface area contributed by atoms with Gasteiger partial charge in [0.25, 0.3) is 0 Å². The van der Waals surface area contributed by atoms with Gasteiger partial charge in [-0.2, -0.15) is 0 Å². The van der Waals surface area contributed by atoms with Crippen molar-refractivity contribution in [2.75, 3.05) is 6.61 Å². The molecule has 0 saturated heterocycles. The van der Waals surface area contributed by atoms with Gasteiger partial charge in [0.15, 0.2) is 0 Å². The normalized spacial score (nSPS) is 13.6. The number of aliphatic hydroxyl groups is 2. The smallest absolute Gasteiger partial charge is 0.306 e. The highest BCUT2D eigenvalue weighted by Crippen LogP contribution is 2.18. The van der Waals surface area contributed by atoms with Gasteiger partial charge in [0.05, 0.1) is 25.2 Å². The molecule has 6 nitrogen and oxygen atoms in total. The maximum Gasteiger partial charge on any atom is 0.306 e.